The number of nitrogens with zero attached hydrogens (tertiary/aromatic N) is 2. The number of nitro benzene ring substituents is 1. The molecule has 2 aromatic carbocycles. The number of non-ortho nitro benzene ring substituents is 1. The summed E-state index contributed by atoms with van der Waals surface area (Å²) in [4.78, 5) is 22.7. The topological polar surface area (TPSA) is 110 Å². The van der Waals surface area contributed by atoms with Crippen LogP contribution in [0.5, 0.6) is 5.75 Å². The highest BCUT2D eigenvalue weighted by Gasteiger charge is 2.17. The molecule has 0 aliphatic carbocycles. The molecule has 0 atom stereocenters. The molecule has 0 aliphatic rings. The Labute approximate surface area is 150 Å². The smallest absolute Gasteiger partial charge is 0.387 e. The monoisotopic (exact) mass is 374 g/mol. The number of alkyl halides is 2. The summed E-state index contributed by atoms with van der Waals surface area (Å²) in [5.41, 5.74) is 0.758. The van der Waals surface area contributed by atoms with Crippen molar-refractivity contribution in [3.63, 3.8) is 0 Å². The van der Waals surface area contributed by atoms with Crippen LogP contribution in [0.15, 0.2) is 54.6 Å². The van der Waals surface area contributed by atoms with E-state index >= 15 is 0 Å². The minimum Gasteiger partial charge on any atom is -0.434 e. The fourth-order valence-corrected chi connectivity index (χ4v) is 2.36. The fourth-order valence-electron chi connectivity index (χ4n) is 2.36. The van der Waals surface area contributed by atoms with Crippen molar-refractivity contribution < 1.29 is 23.2 Å². The molecule has 0 radical (unpaired) electrons. The van der Waals surface area contributed by atoms with E-state index in [1.54, 1.807) is 6.07 Å². The van der Waals surface area contributed by atoms with Gasteiger partial charge >= 0.3 is 6.61 Å². The summed E-state index contributed by atoms with van der Waals surface area (Å²) >= 11 is 0. The van der Waals surface area contributed by atoms with Gasteiger partial charge in [0.1, 0.15) is 5.75 Å². The van der Waals surface area contributed by atoms with Gasteiger partial charge in [0.25, 0.3) is 11.6 Å². The van der Waals surface area contributed by atoms with Crippen LogP contribution in [0.4, 0.5) is 20.3 Å². The highest BCUT2D eigenvalue weighted by molar-refractivity contribution is 6.05. The highest BCUT2D eigenvalue weighted by atomic mass is 19.3. The van der Waals surface area contributed by atoms with E-state index < -0.39 is 17.4 Å². The predicted octanol–water partition coefficient (Wildman–Crippen LogP) is 3.84. The predicted molar refractivity (Wildman–Crippen MR) is 91.7 cm³/mol. The Morgan fingerprint density at radius 1 is 1.19 bits per heavy atom. The van der Waals surface area contributed by atoms with E-state index in [-0.39, 0.29) is 22.8 Å². The molecule has 8 nitrogen and oxygen atoms in total. The van der Waals surface area contributed by atoms with Gasteiger partial charge in [0.15, 0.2) is 5.82 Å². The number of hydrogen-bond donors (Lipinski definition) is 2. The summed E-state index contributed by atoms with van der Waals surface area (Å²) in [5.74, 6) is -0.837. The SMILES string of the molecule is O=C(Nc1cc(-c2cccc([N+](=O)[O-])c2)[nH]n1)c1ccccc1OC(F)F. The number of amides is 1. The molecule has 27 heavy (non-hydrogen) atoms. The molecule has 0 fully saturated rings. The first-order valence-electron chi connectivity index (χ1n) is 7.59. The molecule has 10 heteroatoms. The molecule has 0 saturated heterocycles. The summed E-state index contributed by atoms with van der Waals surface area (Å²) in [5, 5.41) is 19.9. The van der Waals surface area contributed by atoms with E-state index in [9.17, 15) is 23.7 Å². The number of hydrogen-bond acceptors (Lipinski definition) is 5. The quantitative estimate of drug-likeness (QED) is 0.503. The molecule has 1 aromatic heterocycles. The molecule has 0 unspecified atom stereocenters. The largest absolute Gasteiger partial charge is 0.434 e. The molecule has 3 rings (SSSR count). The second-order valence-electron chi connectivity index (χ2n) is 5.30. The second kappa shape index (κ2) is 7.60. The maximum Gasteiger partial charge on any atom is 0.387 e. The van der Waals surface area contributed by atoms with E-state index in [2.05, 4.69) is 20.3 Å². The van der Waals surface area contributed by atoms with Crippen molar-refractivity contribution in [2.45, 2.75) is 6.61 Å². The van der Waals surface area contributed by atoms with Crippen molar-refractivity contribution in [1.29, 1.82) is 0 Å². The van der Waals surface area contributed by atoms with Crippen LogP contribution in [0.2, 0.25) is 0 Å². The van der Waals surface area contributed by atoms with E-state index in [1.807, 2.05) is 0 Å². The second-order valence-corrected chi connectivity index (χ2v) is 5.30. The third kappa shape index (κ3) is 4.24. The van der Waals surface area contributed by atoms with Crippen molar-refractivity contribution >= 4 is 17.4 Å². The van der Waals surface area contributed by atoms with Crippen LogP contribution < -0.4 is 10.1 Å². The number of rotatable bonds is 6. The van der Waals surface area contributed by atoms with Gasteiger partial charge in [0.05, 0.1) is 16.2 Å². The molecular formula is C17H12F2N4O4. The molecule has 0 spiro atoms. The van der Waals surface area contributed by atoms with Crippen LogP contribution in [0.25, 0.3) is 11.3 Å². The molecule has 1 heterocycles. The Balaban J connectivity index is 1.79. The lowest BCUT2D eigenvalue weighted by Gasteiger charge is -2.09. The van der Waals surface area contributed by atoms with Crippen LogP contribution in [0.1, 0.15) is 10.4 Å². The highest BCUT2D eigenvalue weighted by Crippen LogP contribution is 2.25. The Bertz CT molecular complexity index is 990. The van der Waals surface area contributed by atoms with Crippen LogP contribution in [-0.2, 0) is 0 Å². The first kappa shape index (κ1) is 18.0. The average Bonchev–Trinajstić information content (AvgIpc) is 3.10. The maximum absolute atomic E-state index is 12.5. The first-order chi connectivity index (χ1) is 12.9. The lowest BCUT2D eigenvalue weighted by molar-refractivity contribution is -0.384. The number of anilines is 1. The van der Waals surface area contributed by atoms with Gasteiger partial charge < -0.3 is 10.1 Å². The number of nitrogens with one attached hydrogen (secondary N) is 2. The zero-order valence-corrected chi connectivity index (χ0v) is 13.6. The molecule has 3 aromatic rings. The zero-order chi connectivity index (χ0) is 19.4. The minimum atomic E-state index is -3.06. The number of halogens is 2. The third-order valence-corrected chi connectivity index (χ3v) is 3.54. The van der Waals surface area contributed by atoms with Gasteiger partial charge in [-0.25, -0.2) is 0 Å². The van der Waals surface area contributed by atoms with Crippen molar-refractivity contribution in [3.8, 4) is 17.0 Å². The van der Waals surface area contributed by atoms with E-state index in [1.165, 1.54) is 48.5 Å². The molecule has 0 bridgehead atoms. The summed E-state index contributed by atoms with van der Waals surface area (Å²) in [6.07, 6.45) is 0. The Hall–Kier alpha value is -3.82. The Kier molecular flexibility index (Phi) is 5.06. The number of ether oxygens (including phenoxy) is 1. The summed E-state index contributed by atoms with van der Waals surface area (Å²) < 4.78 is 29.2. The number of para-hydroxylation sites is 1. The number of nitro groups is 1. The molecule has 1 amide bonds. The van der Waals surface area contributed by atoms with E-state index in [0.29, 0.717) is 11.3 Å². The van der Waals surface area contributed by atoms with Crippen LogP contribution in [0, 0.1) is 10.1 Å². The van der Waals surface area contributed by atoms with E-state index in [4.69, 9.17) is 0 Å². The number of benzene rings is 2. The average molecular weight is 374 g/mol. The summed E-state index contributed by atoms with van der Waals surface area (Å²) in [6, 6.07) is 12.9. The van der Waals surface area contributed by atoms with Crippen molar-refractivity contribution in [3.05, 3.63) is 70.3 Å². The van der Waals surface area contributed by atoms with Gasteiger partial charge in [0, 0.05) is 23.8 Å². The fraction of sp³-hybridized carbons (Fsp3) is 0.0588. The normalized spacial score (nSPS) is 10.6. The molecule has 0 saturated carbocycles. The van der Waals surface area contributed by atoms with Gasteiger partial charge in [0.2, 0.25) is 0 Å². The van der Waals surface area contributed by atoms with Gasteiger partial charge in [-0.05, 0) is 12.1 Å². The summed E-state index contributed by atoms with van der Waals surface area (Å²) in [6.45, 7) is -3.06. The van der Waals surface area contributed by atoms with Crippen molar-refractivity contribution in [1.82, 2.24) is 10.2 Å². The first-order valence-corrected chi connectivity index (χ1v) is 7.59. The Morgan fingerprint density at radius 3 is 2.70 bits per heavy atom. The van der Waals surface area contributed by atoms with E-state index in [0.717, 1.165) is 0 Å². The maximum atomic E-state index is 12.5. The molecule has 0 aliphatic heterocycles. The Morgan fingerprint density at radius 2 is 1.96 bits per heavy atom. The number of H-pyrrole nitrogens is 1. The molecular weight excluding hydrogens is 362 g/mol. The van der Waals surface area contributed by atoms with Crippen LogP contribution >= 0.6 is 0 Å². The minimum absolute atomic E-state index is 0.0855. The lowest BCUT2D eigenvalue weighted by Crippen LogP contribution is -2.15. The standard InChI is InChI=1S/C17H12F2N4O4/c18-17(19)27-14-7-2-1-6-12(14)16(24)20-15-9-13(21-22-15)10-4-3-5-11(8-10)23(25)26/h1-9,17H,(H2,20,21,22,24). The van der Waals surface area contributed by atoms with Gasteiger partial charge in [-0.15, -0.1) is 0 Å². The number of aromatic amines is 1. The lowest BCUT2D eigenvalue weighted by atomic mass is 10.1. The number of carbonyl (C=O) groups is 1. The van der Waals surface area contributed by atoms with Crippen LogP contribution in [-0.4, -0.2) is 27.6 Å². The van der Waals surface area contributed by atoms with Crippen LogP contribution in [0.3, 0.4) is 0 Å². The zero-order valence-electron chi connectivity index (χ0n) is 13.6. The van der Waals surface area contributed by atoms with Gasteiger partial charge in [-0.2, -0.15) is 13.9 Å². The number of aromatic nitrogens is 2. The van der Waals surface area contributed by atoms with Gasteiger partial charge in [-0.3, -0.25) is 20.0 Å². The third-order valence-electron chi connectivity index (χ3n) is 3.54. The van der Waals surface area contributed by atoms with Crippen molar-refractivity contribution in [2.24, 2.45) is 0 Å². The summed E-state index contributed by atoms with van der Waals surface area (Å²) in [7, 11) is 0. The molecule has 138 valence electrons. The van der Waals surface area contributed by atoms with Crippen molar-refractivity contribution in [2.75, 3.05) is 5.32 Å². The van der Waals surface area contributed by atoms with Gasteiger partial charge in [-0.1, -0.05) is 24.3 Å². The molecule has 2 N–H and O–H groups in total. The number of carbonyl (C=O) groups excluding carboxylic acids is 1.